The molecular formula is C16H22N2O4. The largest absolute Gasteiger partial charge is 0.462 e. The molecule has 1 saturated carbocycles. The number of nitro benzene ring substituents is 1. The van der Waals surface area contributed by atoms with Gasteiger partial charge in [-0.25, -0.2) is 4.79 Å². The van der Waals surface area contributed by atoms with Gasteiger partial charge in [0.1, 0.15) is 5.69 Å². The summed E-state index contributed by atoms with van der Waals surface area (Å²) in [6, 6.07) is 4.70. The maximum Gasteiger partial charge on any atom is 0.338 e. The van der Waals surface area contributed by atoms with Crippen LogP contribution >= 0.6 is 0 Å². The average Bonchev–Trinajstić information content (AvgIpc) is 2.50. The van der Waals surface area contributed by atoms with Gasteiger partial charge in [-0.3, -0.25) is 10.1 Å². The number of esters is 1. The first-order valence-electron chi connectivity index (χ1n) is 7.75. The third-order valence-corrected chi connectivity index (χ3v) is 4.16. The molecule has 0 saturated heterocycles. The van der Waals surface area contributed by atoms with Gasteiger partial charge in [-0.15, -0.1) is 0 Å². The van der Waals surface area contributed by atoms with E-state index in [1.807, 2.05) is 0 Å². The smallest absolute Gasteiger partial charge is 0.338 e. The van der Waals surface area contributed by atoms with E-state index >= 15 is 0 Å². The van der Waals surface area contributed by atoms with E-state index in [0.717, 1.165) is 19.3 Å². The van der Waals surface area contributed by atoms with Crippen molar-refractivity contribution in [2.45, 2.75) is 45.6 Å². The van der Waals surface area contributed by atoms with E-state index in [1.165, 1.54) is 12.5 Å². The third kappa shape index (κ3) is 3.75. The van der Waals surface area contributed by atoms with Crippen LogP contribution in [-0.2, 0) is 4.74 Å². The van der Waals surface area contributed by atoms with Crippen LogP contribution in [-0.4, -0.2) is 23.5 Å². The van der Waals surface area contributed by atoms with Crippen LogP contribution in [0.1, 0.15) is 49.9 Å². The second-order valence-corrected chi connectivity index (χ2v) is 5.72. The SMILES string of the molecule is CCOC(=O)c1ccc(N[C@@H]2CCCC[C@H]2C)c([N+](=O)[O-])c1. The molecule has 0 unspecified atom stereocenters. The Morgan fingerprint density at radius 2 is 2.14 bits per heavy atom. The fourth-order valence-electron chi connectivity index (χ4n) is 2.88. The van der Waals surface area contributed by atoms with Crippen molar-refractivity contribution in [1.29, 1.82) is 0 Å². The molecule has 6 heteroatoms. The van der Waals surface area contributed by atoms with Crippen molar-refractivity contribution in [1.82, 2.24) is 0 Å². The highest BCUT2D eigenvalue weighted by Gasteiger charge is 2.25. The van der Waals surface area contributed by atoms with Crippen LogP contribution in [0, 0.1) is 16.0 Å². The van der Waals surface area contributed by atoms with Crippen LogP contribution in [0.15, 0.2) is 18.2 Å². The van der Waals surface area contributed by atoms with Crippen molar-refractivity contribution in [3.8, 4) is 0 Å². The van der Waals surface area contributed by atoms with Crippen molar-refractivity contribution in [2.24, 2.45) is 5.92 Å². The Morgan fingerprint density at radius 1 is 1.41 bits per heavy atom. The number of hydrogen-bond acceptors (Lipinski definition) is 5. The zero-order valence-corrected chi connectivity index (χ0v) is 13.0. The maximum atomic E-state index is 11.7. The molecule has 1 aromatic rings. The number of carbonyl (C=O) groups excluding carboxylic acids is 1. The fourth-order valence-corrected chi connectivity index (χ4v) is 2.88. The Kier molecular flexibility index (Phi) is 5.35. The predicted molar refractivity (Wildman–Crippen MR) is 84.1 cm³/mol. The summed E-state index contributed by atoms with van der Waals surface area (Å²) in [4.78, 5) is 22.5. The number of nitrogens with one attached hydrogen (secondary N) is 1. The molecule has 22 heavy (non-hydrogen) atoms. The summed E-state index contributed by atoms with van der Waals surface area (Å²) in [6.07, 6.45) is 4.49. The second-order valence-electron chi connectivity index (χ2n) is 5.72. The Hall–Kier alpha value is -2.11. The number of ether oxygens (including phenoxy) is 1. The summed E-state index contributed by atoms with van der Waals surface area (Å²) in [5, 5.41) is 14.6. The van der Waals surface area contributed by atoms with Crippen LogP contribution in [0.5, 0.6) is 0 Å². The third-order valence-electron chi connectivity index (χ3n) is 4.16. The number of anilines is 1. The number of benzene rings is 1. The first-order valence-corrected chi connectivity index (χ1v) is 7.75. The molecule has 0 aromatic heterocycles. The van der Waals surface area contributed by atoms with Crippen molar-refractivity contribution < 1.29 is 14.5 Å². The number of hydrogen-bond donors (Lipinski definition) is 1. The highest BCUT2D eigenvalue weighted by atomic mass is 16.6. The van der Waals surface area contributed by atoms with Crippen LogP contribution in [0.3, 0.4) is 0 Å². The van der Waals surface area contributed by atoms with Gasteiger partial charge in [-0.05, 0) is 37.8 Å². The summed E-state index contributed by atoms with van der Waals surface area (Å²) >= 11 is 0. The monoisotopic (exact) mass is 306 g/mol. The van der Waals surface area contributed by atoms with E-state index in [2.05, 4.69) is 12.2 Å². The standard InChI is InChI=1S/C16H22N2O4/c1-3-22-16(19)12-8-9-14(15(10-12)18(20)21)17-13-7-5-4-6-11(13)2/h8-11,13,17H,3-7H2,1-2H3/t11-,13-/m1/s1. The van der Waals surface area contributed by atoms with Crippen molar-refractivity contribution in [3.05, 3.63) is 33.9 Å². The highest BCUT2D eigenvalue weighted by Crippen LogP contribution is 2.31. The minimum absolute atomic E-state index is 0.0803. The average molecular weight is 306 g/mol. The molecule has 0 bridgehead atoms. The molecule has 1 N–H and O–H groups in total. The normalized spacial score (nSPS) is 21.2. The molecule has 0 heterocycles. The number of carbonyl (C=O) groups is 1. The lowest BCUT2D eigenvalue weighted by molar-refractivity contribution is -0.384. The summed E-state index contributed by atoms with van der Waals surface area (Å²) in [6.45, 7) is 4.11. The van der Waals surface area contributed by atoms with Gasteiger partial charge in [-0.1, -0.05) is 19.8 Å². The Balaban J connectivity index is 2.23. The maximum absolute atomic E-state index is 11.7. The van der Waals surface area contributed by atoms with Crippen molar-refractivity contribution in [2.75, 3.05) is 11.9 Å². The Bertz CT molecular complexity index is 559. The van der Waals surface area contributed by atoms with Gasteiger partial charge in [-0.2, -0.15) is 0 Å². The summed E-state index contributed by atoms with van der Waals surface area (Å²) in [5.74, 6) is -0.0544. The van der Waals surface area contributed by atoms with Crippen molar-refractivity contribution in [3.63, 3.8) is 0 Å². The van der Waals surface area contributed by atoms with Gasteiger partial charge >= 0.3 is 5.97 Å². The number of rotatable bonds is 5. The van der Waals surface area contributed by atoms with E-state index in [9.17, 15) is 14.9 Å². The molecule has 2 atom stereocenters. The number of nitrogens with zero attached hydrogens (tertiary/aromatic N) is 1. The van der Waals surface area contributed by atoms with Gasteiger partial charge in [0, 0.05) is 12.1 Å². The van der Waals surface area contributed by atoms with E-state index < -0.39 is 10.9 Å². The van der Waals surface area contributed by atoms with Gasteiger partial charge < -0.3 is 10.1 Å². The highest BCUT2D eigenvalue weighted by molar-refractivity contribution is 5.91. The first-order chi connectivity index (χ1) is 10.5. The molecule has 6 nitrogen and oxygen atoms in total. The van der Waals surface area contributed by atoms with Gasteiger partial charge in [0.2, 0.25) is 0 Å². The van der Waals surface area contributed by atoms with E-state index in [4.69, 9.17) is 4.74 Å². The predicted octanol–water partition coefficient (Wildman–Crippen LogP) is 3.76. The number of nitro groups is 1. The van der Waals surface area contributed by atoms with Crippen LogP contribution in [0.25, 0.3) is 0 Å². The zero-order chi connectivity index (χ0) is 16.1. The van der Waals surface area contributed by atoms with Gasteiger partial charge in [0.05, 0.1) is 17.1 Å². The quantitative estimate of drug-likeness (QED) is 0.509. The van der Waals surface area contributed by atoms with E-state index in [0.29, 0.717) is 11.6 Å². The zero-order valence-electron chi connectivity index (χ0n) is 13.0. The van der Waals surface area contributed by atoms with Crippen LogP contribution < -0.4 is 5.32 Å². The molecule has 1 aliphatic carbocycles. The van der Waals surface area contributed by atoms with Gasteiger partial charge in [0.25, 0.3) is 5.69 Å². The van der Waals surface area contributed by atoms with Crippen molar-refractivity contribution >= 4 is 17.3 Å². The molecule has 120 valence electrons. The molecule has 2 rings (SSSR count). The lowest BCUT2D eigenvalue weighted by Gasteiger charge is -2.30. The first kappa shape index (κ1) is 16.3. The summed E-state index contributed by atoms with van der Waals surface area (Å²) in [5.41, 5.74) is 0.593. The molecular weight excluding hydrogens is 284 g/mol. The lowest BCUT2D eigenvalue weighted by atomic mass is 9.86. The van der Waals surface area contributed by atoms with E-state index in [-0.39, 0.29) is 23.9 Å². The molecule has 0 aliphatic heterocycles. The molecule has 1 aromatic carbocycles. The second kappa shape index (κ2) is 7.24. The molecule has 0 amide bonds. The minimum Gasteiger partial charge on any atom is -0.462 e. The minimum atomic E-state index is -0.539. The lowest BCUT2D eigenvalue weighted by Crippen LogP contribution is -2.30. The van der Waals surface area contributed by atoms with Gasteiger partial charge in [0.15, 0.2) is 0 Å². The summed E-state index contributed by atoms with van der Waals surface area (Å²) < 4.78 is 4.89. The van der Waals surface area contributed by atoms with Crippen LogP contribution in [0.4, 0.5) is 11.4 Å². The fraction of sp³-hybridized carbons (Fsp3) is 0.562. The molecule has 1 aliphatic rings. The molecule has 0 spiro atoms. The Labute approximate surface area is 130 Å². The molecule has 1 fully saturated rings. The van der Waals surface area contributed by atoms with Crippen LogP contribution in [0.2, 0.25) is 0 Å². The summed E-state index contributed by atoms with van der Waals surface area (Å²) in [7, 11) is 0. The topological polar surface area (TPSA) is 81.5 Å². The van der Waals surface area contributed by atoms with E-state index in [1.54, 1.807) is 19.1 Å². The molecule has 0 radical (unpaired) electrons. The Morgan fingerprint density at radius 3 is 2.77 bits per heavy atom.